The van der Waals surface area contributed by atoms with Crippen LogP contribution in [0.5, 0.6) is 17.4 Å². The highest BCUT2D eigenvalue weighted by Crippen LogP contribution is 2.37. The van der Waals surface area contributed by atoms with Gasteiger partial charge in [0, 0.05) is 12.1 Å². The first-order valence-electron chi connectivity index (χ1n) is 5.54. The van der Waals surface area contributed by atoms with E-state index in [1.54, 1.807) is 0 Å². The third-order valence-electron chi connectivity index (χ3n) is 2.44. The van der Waals surface area contributed by atoms with Gasteiger partial charge >= 0.3 is 5.69 Å². The maximum absolute atomic E-state index is 13.2. The van der Waals surface area contributed by atoms with Crippen molar-refractivity contribution >= 4 is 11.5 Å². The molecule has 1 aromatic carbocycles. The molecule has 0 aliphatic carbocycles. The minimum absolute atomic E-state index is 0.0264. The van der Waals surface area contributed by atoms with Crippen LogP contribution in [0.15, 0.2) is 24.5 Å². The van der Waals surface area contributed by atoms with Crippen molar-refractivity contribution in [2.45, 2.75) is 0 Å². The van der Waals surface area contributed by atoms with Crippen LogP contribution in [0, 0.1) is 15.9 Å². The largest absolute Gasteiger partial charge is 0.489 e. The van der Waals surface area contributed by atoms with E-state index < -0.39 is 16.4 Å². The number of nitro groups is 1. The van der Waals surface area contributed by atoms with Gasteiger partial charge in [0.2, 0.25) is 11.5 Å². The fourth-order valence-corrected chi connectivity index (χ4v) is 1.54. The monoisotopic (exact) mass is 295 g/mol. The average molecular weight is 295 g/mol. The molecule has 9 nitrogen and oxygen atoms in total. The van der Waals surface area contributed by atoms with Gasteiger partial charge in [-0.25, -0.2) is 15.2 Å². The number of nitro benzene ring substituents is 1. The van der Waals surface area contributed by atoms with Crippen LogP contribution in [0.1, 0.15) is 0 Å². The van der Waals surface area contributed by atoms with Crippen molar-refractivity contribution in [3.8, 4) is 17.4 Å². The van der Waals surface area contributed by atoms with Gasteiger partial charge in [-0.3, -0.25) is 10.1 Å². The van der Waals surface area contributed by atoms with Crippen LogP contribution in [0.4, 0.5) is 15.9 Å². The van der Waals surface area contributed by atoms with E-state index in [1.807, 2.05) is 0 Å². The highest BCUT2D eigenvalue weighted by Gasteiger charge is 2.20. The second-order valence-electron chi connectivity index (χ2n) is 3.68. The van der Waals surface area contributed by atoms with E-state index in [9.17, 15) is 14.5 Å². The van der Waals surface area contributed by atoms with Gasteiger partial charge in [-0.2, -0.15) is 4.98 Å². The van der Waals surface area contributed by atoms with E-state index in [1.165, 1.54) is 7.11 Å². The Balaban J connectivity index is 2.47. The molecule has 0 fully saturated rings. The molecule has 3 N–H and O–H groups in total. The topological polar surface area (TPSA) is 125 Å². The average Bonchev–Trinajstić information content (AvgIpc) is 2.46. The van der Waals surface area contributed by atoms with Gasteiger partial charge in [0.25, 0.3) is 5.88 Å². The highest BCUT2D eigenvalue weighted by atomic mass is 19.1. The van der Waals surface area contributed by atoms with Crippen molar-refractivity contribution < 1.29 is 18.8 Å². The number of halogens is 1. The Morgan fingerprint density at radius 1 is 1.43 bits per heavy atom. The maximum atomic E-state index is 13.2. The smallest absolute Gasteiger partial charge is 0.311 e. The predicted octanol–water partition coefficient (Wildman–Crippen LogP) is 1.61. The van der Waals surface area contributed by atoms with E-state index in [2.05, 4.69) is 15.4 Å². The summed E-state index contributed by atoms with van der Waals surface area (Å²) in [6, 6.07) is 2.81. The van der Waals surface area contributed by atoms with E-state index in [0.717, 1.165) is 24.5 Å². The van der Waals surface area contributed by atoms with E-state index in [4.69, 9.17) is 15.3 Å². The second kappa shape index (κ2) is 5.96. The van der Waals surface area contributed by atoms with Crippen LogP contribution in [-0.4, -0.2) is 22.0 Å². The lowest BCUT2D eigenvalue weighted by atomic mass is 10.3. The van der Waals surface area contributed by atoms with Crippen LogP contribution in [0.3, 0.4) is 0 Å². The number of nitrogen functional groups attached to an aromatic ring is 1. The molecule has 10 heteroatoms. The molecule has 0 bridgehead atoms. The number of methoxy groups -OCH3 is 1. The fraction of sp³-hybridized carbons (Fsp3) is 0.0909. The molecule has 1 heterocycles. The first kappa shape index (κ1) is 14.4. The summed E-state index contributed by atoms with van der Waals surface area (Å²) in [5.41, 5.74) is 1.84. The van der Waals surface area contributed by atoms with Crippen LogP contribution in [-0.2, 0) is 0 Å². The normalized spacial score (nSPS) is 10.0. The zero-order chi connectivity index (χ0) is 15.4. The lowest BCUT2D eigenvalue weighted by Crippen LogP contribution is -2.11. The molecule has 0 amide bonds. The summed E-state index contributed by atoms with van der Waals surface area (Å²) in [7, 11) is 1.31. The number of rotatable bonds is 5. The highest BCUT2D eigenvalue weighted by molar-refractivity contribution is 5.56. The van der Waals surface area contributed by atoms with Gasteiger partial charge in [-0.1, -0.05) is 0 Å². The third kappa shape index (κ3) is 2.95. The van der Waals surface area contributed by atoms with E-state index in [0.29, 0.717) is 0 Å². The molecule has 2 rings (SSSR count). The summed E-state index contributed by atoms with van der Waals surface area (Å²) in [6.07, 6.45) is 1.11. The van der Waals surface area contributed by atoms with Crippen LogP contribution < -0.4 is 20.7 Å². The van der Waals surface area contributed by atoms with Gasteiger partial charge in [0.05, 0.1) is 12.0 Å². The van der Waals surface area contributed by atoms with Crippen molar-refractivity contribution in [1.82, 2.24) is 9.97 Å². The molecule has 2 aromatic rings. The minimum atomic E-state index is -0.704. The lowest BCUT2D eigenvalue weighted by Gasteiger charge is -2.11. The number of nitrogens with one attached hydrogen (secondary N) is 1. The minimum Gasteiger partial charge on any atom is -0.489 e. The van der Waals surface area contributed by atoms with Crippen molar-refractivity contribution in [3.63, 3.8) is 0 Å². The summed E-state index contributed by atoms with van der Waals surface area (Å²) < 4.78 is 23.5. The van der Waals surface area contributed by atoms with Crippen LogP contribution in [0.25, 0.3) is 0 Å². The number of hydrogen-bond donors (Lipinski definition) is 2. The zero-order valence-electron chi connectivity index (χ0n) is 10.7. The molecule has 0 aliphatic heterocycles. The lowest BCUT2D eigenvalue weighted by molar-refractivity contribution is -0.385. The Kier molecular flexibility index (Phi) is 4.09. The van der Waals surface area contributed by atoms with Crippen molar-refractivity contribution in [3.05, 3.63) is 40.5 Å². The first-order valence-corrected chi connectivity index (χ1v) is 5.54. The third-order valence-corrected chi connectivity index (χ3v) is 2.44. The summed E-state index contributed by atoms with van der Waals surface area (Å²) in [5, 5.41) is 10.9. The number of hydrogen-bond acceptors (Lipinski definition) is 8. The molecule has 0 spiro atoms. The molecule has 0 saturated heterocycles. The standard InChI is InChI=1S/C11H10FN5O4/c1-20-9-10(16-13)14-5-15-11(9)21-8-4-6(12)2-3-7(8)17(18)19/h2-5H,13H2,1H3,(H,14,15,16). The van der Waals surface area contributed by atoms with Gasteiger partial charge in [-0.15, -0.1) is 0 Å². The second-order valence-corrected chi connectivity index (χ2v) is 3.68. The van der Waals surface area contributed by atoms with E-state index >= 15 is 0 Å². The van der Waals surface area contributed by atoms with Gasteiger partial charge in [0.1, 0.15) is 12.1 Å². The number of ether oxygens (including phenoxy) is 2. The molecular weight excluding hydrogens is 285 g/mol. The van der Waals surface area contributed by atoms with Crippen LogP contribution >= 0.6 is 0 Å². The number of benzene rings is 1. The molecule has 0 radical (unpaired) electrons. The molecule has 1 aromatic heterocycles. The quantitative estimate of drug-likeness (QED) is 0.484. The fourth-order valence-electron chi connectivity index (χ4n) is 1.54. The Bertz CT molecular complexity index is 682. The van der Waals surface area contributed by atoms with Crippen molar-refractivity contribution in [2.75, 3.05) is 12.5 Å². The number of hydrazine groups is 1. The Hall–Kier alpha value is -3.01. The summed E-state index contributed by atoms with van der Waals surface area (Å²) in [6.45, 7) is 0. The summed E-state index contributed by atoms with van der Waals surface area (Å²) in [5.74, 6) is 4.23. The number of nitrogens with zero attached hydrogens (tertiary/aromatic N) is 3. The Morgan fingerprint density at radius 2 is 2.19 bits per heavy atom. The SMILES string of the molecule is COc1c(NN)ncnc1Oc1cc(F)ccc1[N+](=O)[O-]. The number of nitrogens with two attached hydrogens (primary N) is 1. The van der Waals surface area contributed by atoms with Crippen LogP contribution in [0.2, 0.25) is 0 Å². The zero-order valence-corrected chi connectivity index (χ0v) is 10.7. The Labute approximate surface area is 117 Å². The molecule has 0 unspecified atom stereocenters. The van der Waals surface area contributed by atoms with E-state index in [-0.39, 0.29) is 23.2 Å². The predicted molar refractivity (Wildman–Crippen MR) is 69.5 cm³/mol. The summed E-state index contributed by atoms with van der Waals surface area (Å²) in [4.78, 5) is 17.8. The number of aromatic nitrogens is 2. The molecule has 0 saturated carbocycles. The molecule has 21 heavy (non-hydrogen) atoms. The molecule has 0 aliphatic rings. The van der Waals surface area contributed by atoms with Crippen molar-refractivity contribution in [2.24, 2.45) is 5.84 Å². The Morgan fingerprint density at radius 3 is 2.81 bits per heavy atom. The van der Waals surface area contributed by atoms with Gasteiger partial charge < -0.3 is 14.9 Å². The molecule has 110 valence electrons. The van der Waals surface area contributed by atoms with Gasteiger partial charge in [0.15, 0.2) is 5.82 Å². The summed E-state index contributed by atoms with van der Waals surface area (Å²) >= 11 is 0. The first-order chi connectivity index (χ1) is 10.1. The molecule has 0 atom stereocenters. The van der Waals surface area contributed by atoms with Crippen molar-refractivity contribution in [1.29, 1.82) is 0 Å². The maximum Gasteiger partial charge on any atom is 0.311 e. The van der Waals surface area contributed by atoms with Gasteiger partial charge in [-0.05, 0) is 6.07 Å². The molecular formula is C11H10FN5O4. The number of anilines is 1.